The fourth-order valence-electron chi connectivity index (χ4n) is 3.58. The summed E-state index contributed by atoms with van der Waals surface area (Å²) in [6, 6.07) is 8.32. The van der Waals surface area contributed by atoms with Gasteiger partial charge in [-0.05, 0) is 25.0 Å². The molecule has 0 aliphatic carbocycles. The Bertz CT molecular complexity index is 746. The number of nitrogens with zero attached hydrogens (tertiary/aromatic N) is 1. The Balaban J connectivity index is 1.55. The summed E-state index contributed by atoms with van der Waals surface area (Å²) in [6.45, 7) is 3.70. The highest BCUT2D eigenvalue weighted by molar-refractivity contribution is 5.92. The lowest BCUT2D eigenvalue weighted by Crippen LogP contribution is -2.41. The average Bonchev–Trinajstić information content (AvgIpc) is 3.10. The quantitative estimate of drug-likeness (QED) is 0.867. The molecule has 114 valence electrons. The number of rotatable bonds is 2. The van der Waals surface area contributed by atoms with Gasteiger partial charge in [0.2, 0.25) is 0 Å². The maximum atomic E-state index is 11.9. The maximum absolute atomic E-state index is 11.9. The molecule has 0 spiro atoms. The molecule has 2 aliphatic rings. The third-order valence-electron chi connectivity index (χ3n) is 4.76. The van der Waals surface area contributed by atoms with Crippen LogP contribution in [-0.4, -0.2) is 41.1 Å². The Labute approximate surface area is 129 Å². The molecule has 1 aromatic carbocycles. The van der Waals surface area contributed by atoms with Crippen LogP contribution in [0, 0.1) is 0 Å². The lowest BCUT2D eigenvalue weighted by atomic mass is 9.97. The molecule has 0 bridgehead atoms. The second kappa shape index (κ2) is 5.29. The highest BCUT2D eigenvalue weighted by Gasteiger charge is 2.36. The zero-order valence-corrected chi connectivity index (χ0v) is 12.7. The van der Waals surface area contributed by atoms with Gasteiger partial charge < -0.3 is 9.72 Å². The van der Waals surface area contributed by atoms with Crippen LogP contribution in [0.3, 0.4) is 0 Å². The van der Waals surface area contributed by atoms with Crippen molar-refractivity contribution in [3.05, 3.63) is 42.1 Å². The van der Waals surface area contributed by atoms with Crippen molar-refractivity contribution in [1.29, 1.82) is 0 Å². The van der Waals surface area contributed by atoms with Crippen molar-refractivity contribution in [3.63, 3.8) is 0 Å². The van der Waals surface area contributed by atoms with Gasteiger partial charge in [0, 0.05) is 42.2 Å². The standard InChI is InChI=1S/C18H20N2O2/c1-12-10-17(18(21)22-12)20-8-6-13(7-9-20)15-11-19-16-5-3-2-4-14(15)16/h2-6,11-12,17,19H,7-10H2,1H3. The van der Waals surface area contributed by atoms with Gasteiger partial charge in [-0.1, -0.05) is 24.3 Å². The molecule has 22 heavy (non-hydrogen) atoms. The van der Waals surface area contributed by atoms with E-state index in [1.807, 2.05) is 13.0 Å². The highest BCUT2D eigenvalue weighted by atomic mass is 16.6. The van der Waals surface area contributed by atoms with Crippen molar-refractivity contribution in [3.8, 4) is 0 Å². The topological polar surface area (TPSA) is 45.3 Å². The van der Waals surface area contributed by atoms with Crippen LogP contribution in [0.2, 0.25) is 0 Å². The van der Waals surface area contributed by atoms with Gasteiger partial charge in [-0.15, -0.1) is 0 Å². The number of fused-ring (bicyclic) bond motifs is 1. The zero-order valence-electron chi connectivity index (χ0n) is 12.7. The van der Waals surface area contributed by atoms with Crippen molar-refractivity contribution < 1.29 is 9.53 Å². The molecule has 0 amide bonds. The van der Waals surface area contributed by atoms with Gasteiger partial charge in [0.25, 0.3) is 0 Å². The van der Waals surface area contributed by atoms with Crippen LogP contribution in [0.5, 0.6) is 0 Å². The molecule has 2 aliphatic heterocycles. The molecule has 4 rings (SSSR count). The third-order valence-corrected chi connectivity index (χ3v) is 4.76. The summed E-state index contributed by atoms with van der Waals surface area (Å²) in [6.07, 6.45) is 6.19. The van der Waals surface area contributed by atoms with Gasteiger partial charge >= 0.3 is 5.97 Å². The minimum Gasteiger partial charge on any atom is -0.461 e. The molecular weight excluding hydrogens is 276 g/mol. The van der Waals surface area contributed by atoms with Gasteiger partial charge in [-0.3, -0.25) is 9.69 Å². The summed E-state index contributed by atoms with van der Waals surface area (Å²) in [5.41, 5.74) is 3.83. The number of nitrogens with one attached hydrogen (secondary N) is 1. The second-order valence-corrected chi connectivity index (χ2v) is 6.22. The first-order valence-electron chi connectivity index (χ1n) is 7.92. The van der Waals surface area contributed by atoms with E-state index in [9.17, 15) is 4.79 Å². The molecule has 1 aromatic heterocycles. The normalized spacial score (nSPS) is 26.2. The Kier molecular flexibility index (Phi) is 3.26. The summed E-state index contributed by atoms with van der Waals surface area (Å²) >= 11 is 0. The van der Waals surface area contributed by atoms with Crippen LogP contribution >= 0.6 is 0 Å². The van der Waals surface area contributed by atoms with E-state index in [0.717, 1.165) is 25.9 Å². The monoisotopic (exact) mass is 296 g/mol. The van der Waals surface area contributed by atoms with E-state index in [2.05, 4.69) is 40.4 Å². The Hall–Kier alpha value is -2.07. The third kappa shape index (κ3) is 2.24. The van der Waals surface area contributed by atoms with E-state index in [0.29, 0.717) is 0 Å². The number of cyclic esters (lactones) is 1. The van der Waals surface area contributed by atoms with E-state index in [-0.39, 0.29) is 18.1 Å². The fraction of sp³-hybridized carbons (Fsp3) is 0.389. The number of benzene rings is 1. The smallest absolute Gasteiger partial charge is 0.323 e. The molecular formula is C18H20N2O2. The van der Waals surface area contributed by atoms with E-state index in [1.165, 1.54) is 22.0 Å². The highest BCUT2D eigenvalue weighted by Crippen LogP contribution is 2.31. The van der Waals surface area contributed by atoms with Gasteiger partial charge in [-0.25, -0.2) is 0 Å². The summed E-state index contributed by atoms with van der Waals surface area (Å²) < 4.78 is 5.28. The number of hydrogen-bond acceptors (Lipinski definition) is 3. The molecule has 2 unspecified atom stereocenters. The predicted octanol–water partition coefficient (Wildman–Crippen LogP) is 2.96. The molecule has 0 saturated carbocycles. The number of hydrogen-bond donors (Lipinski definition) is 1. The Morgan fingerprint density at radius 3 is 2.91 bits per heavy atom. The van der Waals surface area contributed by atoms with Crippen molar-refractivity contribution in [2.75, 3.05) is 13.1 Å². The summed E-state index contributed by atoms with van der Waals surface area (Å²) in [7, 11) is 0. The van der Waals surface area contributed by atoms with Gasteiger partial charge in [0.15, 0.2) is 0 Å². The molecule has 1 fully saturated rings. The summed E-state index contributed by atoms with van der Waals surface area (Å²) in [5, 5.41) is 1.27. The number of carbonyl (C=O) groups is 1. The van der Waals surface area contributed by atoms with Crippen molar-refractivity contribution in [2.24, 2.45) is 0 Å². The molecule has 2 atom stereocenters. The van der Waals surface area contributed by atoms with E-state index >= 15 is 0 Å². The van der Waals surface area contributed by atoms with Crippen LogP contribution < -0.4 is 0 Å². The van der Waals surface area contributed by atoms with Crippen LogP contribution in [-0.2, 0) is 9.53 Å². The number of carbonyl (C=O) groups excluding carboxylic acids is 1. The SMILES string of the molecule is CC1CC(N2CC=C(c3c[nH]c4ccccc34)CC2)C(=O)O1. The zero-order chi connectivity index (χ0) is 15.1. The maximum Gasteiger partial charge on any atom is 0.323 e. The first-order valence-corrected chi connectivity index (χ1v) is 7.92. The molecule has 4 nitrogen and oxygen atoms in total. The summed E-state index contributed by atoms with van der Waals surface area (Å²) in [4.78, 5) is 17.5. The molecule has 0 radical (unpaired) electrons. The van der Waals surface area contributed by atoms with Crippen molar-refractivity contribution in [2.45, 2.75) is 31.9 Å². The number of aromatic nitrogens is 1. The molecule has 2 aromatic rings. The fourth-order valence-corrected chi connectivity index (χ4v) is 3.58. The van der Waals surface area contributed by atoms with Crippen molar-refractivity contribution >= 4 is 22.4 Å². The van der Waals surface area contributed by atoms with Gasteiger partial charge in [0.1, 0.15) is 12.1 Å². The van der Waals surface area contributed by atoms with Crippen molar-refractivity contribution in [1.82, 2.24) is 9.88 Å². The lowest BCUT2D eigenvalue weighted by Gasteiger charge is -2.29. The lowest BCUT2D eigenvalue weighted by molar-refractivity contribution is -0.144. The van der Waals surface area contributed by atoms with Gasteiger partial charge in [0.05, 0.1) is 0 Å². The predicted molar refractivity (Wildman–Crippen MR) is 86.4 cm³/mol. The van der Waals surface area contributed by atoms with E-state index in [1.54, 1.807) is 0 Å². The van der Waals surface area contributed by atoms with Crippen LogP contribution in [0.25, 0.3) is 16.5 Å². The van der Waals surface area contributed by atoms with Gasteiger partial charge in [-0.2, -0.15) is 0 Å². The average molecular weight is 296 g/mol. The first-order chi connectivity index (χ1) is 10.7. The number of para-hydroxylation sites is 1. The molecule has 3 heterocycles. The molecule has 1 N–H and O–H groups in total. The second-order valence-electron chi connectivity index (χ2n) is 6.22. The van der Waals surface area contributed by atoms with Crippen LogP contribution in [0.15, 0.2) is 36.5 Å². The number of esters is 1. The van der Waals surface area contributed by atoms with E-state index in [4.69, 9.17) is 4.74 Å². The first kappa shape index (κ1) is 13.6. The van der Waals surface area contributed by atoms with Crippen LogP contribution in [0.1, 0.15) is 25.3 Å². The number of aromatic amines is 1. The Morgan fingerprint density at radius 2 is 2.18 bits per heavy atom. The minimum absolute atomic E-state index is 0.0523. The number of ether oxygens (including phenoxy) is 1. The minimum atomic E-state index is -0.0595. The summed E-state index contributed by atoms with van der Waals surface area (Å²) in [5.74, 6) is -0.0588. The number of H-pyrrole nitrogens is 1. The van der Waals surface area contributed by atoms with Crippen LogP contribution in [0.4, 0.5) is 0 Å². The molecule has 4 heteroatoms. The largest absolute Gasteiger partial charge is 0.461 e. The van der Waals surface area contributed by atoms with E-state index < -0.39 is 0 Å². The Morgan fingerprint density at radius 1 is 1.32 bits per heavy atom. The molecule has 1 saturated heterocycles.